The molecule has 0 heterocycles. The van der Waals surface area contributed by atoms with E-state index >= 15 is 0 Å². The fourth-order valence-corrected chi connectivity index (χ4v) is 3.26. The van der Waals surface area contributed by atoms with Crippen LogP contribution in [0.3, 0.4) is 0 Å². The molecule has 0 atom stereocenters. The lowest BCUT2D eigenvalue weighted by Gasteiger charge is -2.14. The molecule has 130 valence electrons. The van der Waals surface area contributed by atoms with Gasteiger partial charge in [-0.1, -0.05) is 12.2 Å². The number of non-ortho nitro benzene ring substituents is 1. The molecule has 0 N–H and O–H groups in total. The summed E-state index contributed by atoms with van der Waals surface area (Å²) in [6.07, 6.45) is 3.28. The Balaban J connectivity index is 2.67. The minimum Gasteiger partial charge on any atom is -0.488 e. The topological polar surface area (TPSA) is 112 Å². The van der Waals surface area contributed by atoms with Gasteiger partial charge in [-0.3, -0.25) is 14.7 Å². The Hall–Kier alpha value is -2.20. The van der Waals surface area contributed by atoms with E-state index in [-0.39, 0.29) is 43.0 Å². The fourth-order valence-electron chi connectivity index (χ4n) is 1.78. The molecule has 9 heteroatoms. The van der Waals surface area contributed by atoms with Crippen LogP contribution in [0.25, 0.3) is 0 Å². The van der Waals surface area contributed by atoms with Gasteiger partial charge in [0.15, 0.2) is 0 Å². The maximum absolute atomic E-state index is 12.2. The summed E-state index contributed by atoms with van der Waals surface area (Å²) in [5, 5.41) is 19.7. The van der Waals surface area contributed by atoms with Crippen molar-refractivity contribution in [3.05, 3.63) is 46.0 Å². The first-order chi connectivity index (χ1) is 11.5. The monoisotopic (exact) mass is 354 g/mol. The molecular formula is C15H19N2O6P. The molecule has 0 fully saturated rings. The second-order valence-corrected chi connectivity index (χ2v) is 6.56. The van der Waals surface area contributed by atoms with Crippen LogP contribution in [0.15, 0.2) is 30.4 Å². The van der Waals surface area contributed by atoms with Gasteiger partial charge in [-0.25, -0.2) is 0 Å². The van der Waals surface area contributed by atoms with Crippen molar-refractivity contribution in [1.29, 1.82) is 5.26 Å². The van der Waals surface area contributed by atoms with E-state index in [1.165, 1.54) is 18.2 Å². The first-order valence-electron chi connectivity index (χ1n) is 7.30. The lowest BCUT2D eigenvalue weighted by Crippen LogP contribution is -2.00. The van der Waals surface area contributed by atoms with Crippen molar-refractivity contribution in [3.8, 4) is 11.8 Å². The van der Waals surface area contributed by atoms with E-state index in [4.69, 9.17) is 19.0 Å². The van der Waals surface area contributed by atoms with E-state index in [2.05, 4.69) is 0 Å². The van der Waals surface area contributed by atoms with Crippen LogP contribution in [0.5, 0.6) is 5.75 Å². The quantitative estimate of drug-likeness (QED) is 0.273. The number of nitriles is 1. The Morgan fingerprint density at radius 3 is 2.50 bits per heavy atom. The van der Waals surface area contributed by atoms with Crippen molar-refractivity contribution in [2.45, 2.75) is 13.8 Å². The maximum atomic E-state index is 12.2. The van der Waals surface area contributed by atoms with Crippen molar-refractivity contribution in [2.75, 3.05) is 26.0 Å². The minimum atomic E-state index is -3.15. The van der Waals surface area contributed by atoms with Gasteiger partial charge < -0.3 is 13.8 Å². The highest BCUT2D eigenvalue weighted by molar-refractivity contribution is 7.54. The molecule has 1 rings (SSSR count). The van der Waals surface area contributed by atoms with Gasteiger partial charge in [-0.2, -0.15) is 5.26 Å². The first kappa shape index (κ1) is 19.8. The molecule has 0 amide bonds. The maximum Gasteiger partial charge on any atom is 0.334 e. The molecule has 1 aromatic rings. The lowest BCUT2D eigenvalue weighted by molar-refractivity contribution is -0.384. The number of allylic oxidation sites excluding steroid dienone is 1. The Labute approximate surface area is 140 Å². The molecule has 0 aromatic heterocycles. The highest BCUT2D eigenvalue weighted by atomic mass is 31.2. The third-order valence-corrected chi connectivity index (χ3v) is 4.74. The zero-order valence-corrected chi connectivity index (χ0v) is 14.4. The molecule has 0 aliphatic heterocycles. The molecule has 0 aliphatic rings. The van der Waals surface area contributed by atoms with E-state index in [1.807, 2.05) is 6.07 Å². The second-order valence-electron chi connectivity index (χ2n) is 4.46. The molecule has 8 nitrogen and oxygen atoms in total. The van der Waals surface area contributed by atoms with Crippen LogP contribution in [0.2, 0.25) is 0 Å². The zero-order chi connectivity index (χ0) is 18.0. The summed E-state index contributed by atoms with van der Waals surface area (Å²) in [7, 11) is -3.15. The smallest absolute Gasteiger partial charge is 0.334 e. The summed E-state index contributed by atoms with van der Waals surface area (Å²) < 4.78 is 27.9. The number of nitro benzene ring substituents is 1. The second kappa shape index (κ2) is 9.83. The predicted octanol–water partition coefficient (Wildman–Crippen LogP) is 3.67. The Kier molecular flexibility index (Phi) is 8.13. The predicted molar refractivity (Wildman–Crippen MR) is 88.2 cm³/mol. The van der Waals surface area contributed by atoms with Gasteiger partial charge in [0.25, 0.3) is 5.69 Å². The zero-order valence-electron chi connectivity index (χ0n) is 13.5. The van der Waals surface area contributed by atoms with E-state index < -0.39 is 12.5 Å². The number of rotatable bonds is 10. The van der Waals surface area contributed by atoms with Crippen LogP contribution in [-0.2, 0) is 13.6 Å². The standard InChI is InChI=1S/C15H19N2O6P/c1-3-22-24(20,23-4-2)10-6-5-9-21-15-11-14(17(18)19)8-7-13(15)12-16/h5-8,11H,3-4,9-10H2,1-2H3/b6-5+. The van der Waals surface area contributed by atoms with Crippen molar-refractivity contribution in [2.24, 2.45) is 0 Å². The van der Waals surface area contributed by atoms with E-state index in [0.29, 0.717) is 0 Å². The van der Waals surface area contributed by atoms with Crippen molar-refractivity contribution in [1.82, 2.24) is 0 Å². The SMILES string of the molecule is CCOP(=O)(C/C=C/COc1cc([N+](=O)[O-])ccc1C#N)OCC. The summed E-state index contributed by atoms with van der Waals surface area (Å²) >= 11 is 0. The average molecular weight is 354 g/mol. The van der Waals surface area contributed by atoms with Crippen molar-refractivity contribution in [3.63, 3.8) is 0 Å². The van der Waals surface area contributed by atoms with Gasteiger partial charge in [0, 0.05) is 6.07 Å². The highest BCUT2D eigenvalue weighted by Crippen LogP contribution is 2.47. The van der Waals surface area contributed by atoms with Crippen LogP contribution < -0.4 is 4.74 Å². The molecule has 0 spiro atoms. The third kappa shape index (κ3) is 6.13. The van der Waals surface area contributed by atoms with Gasteiger partial charge in [0.2, 0.25) is 0 Å². The van der Waals surface area contributed by atoms with Crippen molar-refractivity contribution < 1.29 is 23.3 Å². The minimum absolute atomic E-state index is 0.0636. The van der Waals surface area contributed by atoms with Crippen LogP contribution >= 0.6 is 7.60 Å². The molecule has 0 radical (unpaired) electrons. The number of nitro groups is 1. The molecule has 0 unspecified atom stereocenters. The van der Waals surface area contributed by atoms with E-state index in [1.54, 1.807) is 26.0 Å². The number of nitrogens with zero attached hydrogens (tertiary/aromatic N) is 2. The largest absolute Gasteiger partial charge is 0.488 e. The van der Waals surface area contributed by atoms with Crippen LogP contribution in [0, 0.1) is 21.4 Å². The van der Waals surface area contributed by atoms with Gasteiger partial charge in [-0.15, -0.1) is 0 Å². The van der Waals surface area contributed by atoms with Gasteiger partial charge >= 0.3 is 7.60 Å². The number of ether oxygens (including phenoxy) is 1. The summed E-state index contributed by atoms with van der Waals surface area (Å²) in [4.78, 5) is 10.2. The first-order valence-corrected chi connectivity index (χ1v) is 9.03. The Morgan fingerprint density at radius 1 is 1.29 bits per heavy atom. The van der Waals surface area contributed by atoms with E-state index in [0.717, 1.165) is 0 Å². The molecule has 1 aromatic carbocycles. The Bertz CT molecular complexity index is 673. The fraction of sp³-hybridized carbons (Fsp3) is 0.400. The normalized spacial score (nSPS) is 11.4. The molecule has 0 aliphatic carbocycles. The van der Waals surface area contributed by atoms with Crippen LogP contribution in [0.1, 0.15) is 19.4 Å². The van der Waals surface area contributed by atoms with Crippen LogP contribution in [-0.4, -0.2) is 30.9 Å². The lowest BCUT2D eigenvalue weighted by atomic mass is 10.2. The molecular weight excluding hydrogens is 335 g/mol. The molecule has 0 saturated carbocycles. The van der Waals surface area contributed by atoms with Crippen molar-refractivity contribution >= 4 is 13.3 Å². The third-order valence-electron chi connectivity index (χ3n) is 2.78. The number of hydrogen-bond donors (Lipinski definition) is 0. The van der Waals surface area contributed by atoms with Crippen LogP contribution in [0.4, 0.5) is 5.69 Å². The molecule has 0 saturated heterocycles. The number of hydrogen-bond acceptors (Lipinski definition) is 7. The number of benzene rings is 1. The van der Waals surface area contributed by atoms with Gasteiger partial charge in [-0.05, 0) is 19.9 Å². The highest BCUT2D eigenvalue weighted by Gasteiger charge is 2.21. The van der Waals surface area contributed by atoms with E-state index in [9.17, 15) is 14.7 Å². The summed E-state index contributed by atoms with van der Waals surface area (Å²) in [5.41, 5.74) is 0.0356. The van der Waals surface area contributed by atoms with Gasteiger partial charge in [0.1, 0.15) is 18.4 Å². The average Bonchev–Trinajstić information content (AvgIpc) is 2.54. The molecule has 0 bridgehead atoms. The summed E-state index contributed by atoms with van der Waals surface area (Å²) in [6, 6.07) is 5.66. The summed E-state index contributed by atoms with van der Waals surface area (Å²) in [5.74, 6) is 0.120. The molecule has 24 heavy (non-hydrogen) atoms. The Morgan fingerprint density at radius 2 is 1.96 bits per heavy atom. The summed E-state index contributed by atoms with van der Waals surface area (Å²) in [6.45, 7) is 4.07. The van der Waals surface area contributed by atoms with Gasteiger partial charge in [0.05, 0.1) is 35.9 Å².